The molecule has 0 N–H and O–H groups in total. The summed E-state index contributed by atoms with van der Waals surface area (Å²) in [5.41, 5.74) is 3.91. The van der Waals surface area contributed by atoms with Crippen molar-refractivity contribution in [1.29, 1.82) is 0 Å². The summed E-state index contributed by atoms with van der Waals surface area (Å²) >= 11 is 1.37. The molecule has 0 bridgehead atoms. The maximum Gasteiger partial charge on any atom is 2.00 e. The third-order valence-corrected chi connectivity index (χ3v) is 5.31. The van der Waals surface area contributed by atoms with Crippen molar-refractivity contribution in [1.82, 2.24) is 25.1 Å². The summed E-state index contributed by atoms with van der Waals surface area (Å²) in [5.74, 6) is 7.18. The largest absolute Gasteiger partial charge is 2.00 e. The minimum absolute atomic E-state index is 0. The molecular formula is C24H17F2N5NiO3S. The van der Waals surface area contributed by atoms with Crippen molar-refractivity contribution in [3.8, 4) is 40.3 Å². The molecule has 1 fully saturated rings. The summed E-state index contributed by atoms with van der Waals surface area (Å²) < 4.78 is 36.5. The van der Waals surface area contributed by atoms with Gasteiger partial charge in [-0.3, -0.25) is 10.1 Å². The van der Waals surface area contributed by atoms with Crippen LogP contribution in [0.2, 0.25) is 0 Å². The Labute approximate surface area is 219 Å². The fourth-order valence-corrected chi connectivity index (χ4v) is 3.25. The summed E-state index contributed by atoms with van der Waals surface area (Å²) in [6.07, 6.45) is 5.42. The number of hydrogen-bond acceptors (Lipinski definition) is 9. The van der Waals surface area contributed by atoms with Gasteiger partial charge < -0.3 is 30.3 Å². The topological polar surface area (TPSA) is 104 Å². The normalized spacial score (nSPS) is 12.0. The van der Waals surface area contributed by atoms with E-state index in [1.807, 2.05) is 0 Å². The predicted octanol–water partition coefficient (Wildman–Crippen LogP) is 4.61. The van der Waals surface area contributed by atoms with Gasteiger partial charge in [-0.2, -0.15) is 0 Å². The molecule has 0 spiro atoms. The van der Waals surface area contributed by atoms with Crippen LogP contribution in [0.15, 0.2) is 35.2 Å². The van der Waals surface area contributed by atoms with E-state index in [0.717, 1.165) is 5.01 Å². The molecule has 0 aliphatic heterocycles. The number of aryl methyl sites for hydroxylation is 1. The second kappa shape index (κ2) is 12.4. The molecule has 0 aromatic carbocycles. The first-order valence-corrected chi connectivity index (χ1v) is 11.1. The van der Waals surface area contributed by atoms with Crippen molar-refractivity contribution < 1.29 is 39.2 Å². The van der Waals surface area contributed by atoms with Gasteiger partial charge in [0.25, 0.3) is 6.43 Å². The number of methoxy groups -OCH3 is 1. The molecule has 0 radical (unpaired) electrons. The van der Waals surface area contributed by atoms with Gasteiger partial charge in [-0.1, -0.05) is 17.8 Å². The number of rotatable bonds is 5. The summed E-state index contributed by atoms with van der Waals surface area (Å²) in [4.78, 5) is 23.2. The van der Waals surface area contributed by atoms with E-state index < -0.39 is 12.1 Å². The van der Waals surface area contributed by atoms with E-state index in [4.69, 9.17) is 9.15 Å². The molecule has 36 heavy (non-hydrogen) atoms. The second-order valence-electron chi connectivity index (χ2n) is 7.36. The van der Waals surface area contributed by atoms with E-state index in [0.29, 0.717) is 22.9 Å². The zero-order chi connectivity index (χ0) is 24.8. The zero-order valence-electron chi connectivity index (χ0n) is 18.9. The molecule has 0 unspecified atom stereocenters. The van der Waals surface area contributed by atoms with E-state index in [1.54, 1.807) is 13.2 Å². The molecule has 8 nitrogen and oxygen atoms in total. The van der Waals surface area contributed by atoms with E-state index in [2.05, 4.69) is 42.5 Å². The molecular weight excluding hydrogens is 535 g/mol. The smallest absolute Gasteiger partial charge is 0.496 e. The Kier molecular flexibility index (Phi) is 9.34. The molecule has 5 rings (SSSR count). The number of halogens is 2. The minimum Gasteiger partial charge on any atom is -0.496 e. The van der Waals surface area contributed by atoms with Crippen LogP contribution in [-0.2, 0) is 21.3 Å². The summed E-state index contributed by atoms with van der Waals surface area (Å²) in [7, 11) is 1.38. The fourth-order valence-electron chi connectivity index (χ4n) is 2.89. The van der Waals surface area contributed by atoms with Gasteiger partial charge in [-0.25, -0.2) is 18.9 Å². The molecule has 0 atom stereocenters. The monoisotopic (exact) mass is 551 g/mol. The van der Waals surface area contributed by atoms with Crippen molar-refractivity contribution in [2.45, 2.75) is 26.2 Å². The first kappa shape index (κ1) is 27.0. The summed E-state index contributed by atoms with van der Waals surface area (Å²) in [5, 5.41) is 8.10. The Morgan fingerprint density at radius 3 is 2.64 bits per heavy atom. The standard InChI is InChI=1S/C17H12F2N3O3.C7H5N2S.Ni/c1-9-8-25-17(22-9)14-3-11(10(7-23)5-20-14)12-4-13(16(18)19)21-6-15(12)24-2;1-2-6(1)3-4-7-9-8-5-10-7;/h3-6,8,16H,1-2H3;6H,1-2H2;/q2*-1;+2. The SMILES string of the molecule is C(#CC1CC1)c1nn[c-]s1.COc1cnc(C(F)F)cc1-c1cc(-c2nc(C)co2)ncc1[C-]=O.[Ni+2]. The van der Waals surface area contributed by atoms with Gasteiger partial charge >= 0.3 is 16.5 Å². The van der Waals surface area contributed by atoms with Crippen LogP contribution >= 0.6 is 11.3 Å². The van der Waals surface area contributed by atoms with Crippen molar-refractivity contribution in [2.75, 3.05) is 7.11 Å². The van der Waals surface area contributed by atoms with Gasteiger partial charge in [0.2, 0.25) is 5.89 Å². The van der Waals surface area contributed by atoms with Gasteiger partial charge in [-0.15, -0.1) is 23.0 Å². The molecule has 12 heteroatoms. The van der Waals surface area contributed by atoms with Crippen LogP contribution in [-0.4, -0.2) is 38.5 Å². The van der Waals surface area contributed by atoms with Crippen LogP contribution in [0.4, 0.5) is 8.78 Å². The average molecular weight is 552 g/mol. The molecule has 0 saturated heterocycles. The van der Waals surface area contributed by atoms with Crippen molar-refractivity contribution in [3.05, 3.63) is 58.3 Å². The third-order valence-electron chi connectivity index (χ3n) is 4.76. The number of pyridine rings is 2. The van der Waals surface area contributed by atoms with Crippen LogP contribution in [0.3, 0.4) is 0 Å². The maximum atomic E-state index is 13.0. The summed E-state index contributed by atoms with van der Waals surface area (Å²) in [6, 6.07) is 2.68. The van der Waals surface area contributed by atoms with Gasteiger partial charge in [0.15, 0.2) is 0 Å². The average Bonchev–Trinajstić information content (AvgIpc) is 3.36. The minimum atomic E-state index is -2.76. The van der Waals surface area contributed by atoms with Crippen LogP contribution in [0.1, 0.15) is 41.2 Å². The second-order valence-corrected chi connectivity index (χ2v) is 8.14. The number of aromatic nitrogens is 5. The maximum absolute atomic E-state index is 13.0. The first-order valence-electron chi connectivity index (χ1n) is 10.3. The Morgan fingerprint density at radius 2 is 2.06 bits per heavy atom. The molecule has 1 aliphatic carbocycles. The Morgan fingerprint density at radius 1 is 1.25 bits per heavy atom. The molecule has 0 amide bonds. The van der Waals surface area contributed by atoms with Gasteiger partial charge in [0.05, 0.1) is 31.0 Å². The molecule has 4 aromatic rings. The third kappa shape index (κ3) is 6.77. The van der Waals surface area contributed by atoms with E-state index in [9.17, 15) is 13.6 Å². The Hall–Kier alpha value is -3.55. The van der Waals surface area contributed by atoms with Crippen LogP contribution < -0.4 is 4.74 Å². The molecule has 186 valence electrons. The number of alkyl halides is 2. The van der Waals surface area contributed by atoms with Gasteiger partial charge in [0, 0.05) is 10.9 Å². The van der Waals surface area contributed by atoms with E-state index >= 15 is 0 Å². The first-order chi connectivity index (χ1) is 17.0. The zero-order valence-corrected chi connectivity index (χ0v) is 20.7. The number of hydrogen-bond donors (Lipinski definition) is 0. The molecule has 1 saturated carbocycles. The van der Waals surface area contributed by atoms with Crippen molar-refractivity contribution in [3.63, 3.8) is 0 Å². The van der Waals surface area contributed by atoms with Gasteiger partial charge in [-0.05, 0) is 31.4 Å². The van der Waals surface area contributed by atoms with Gasteiger partial charge in [0.1, 0.15) is 17.7 Å². The number of oxazole rings is 1. The van der Waals surface area contributed by atoms with Crippen LogP contribution in [0, 0.1) is 30.2 Å². The van der Waals surface area contributed by atoms with E-state index in [-0.39, 0.29) is 39.3 Å². The van der Waals surface area contributed by atoms with E-state index in [1.165, 1.54) is 62.1 Å². The fraction of sp³-hybridized carbons (Fsp3) is 0.250. The predicted molar refractivity (Wildman–Crippen MR) is 122 cm³/mol. The number of ether oxygens (including phenoxy) is 1. The number of nitrogens with zero attached hydrogens (tertiary/aromatic N) is 5. The summed E-state index contributed by atoms with van der Waals surface area (Å²) in [6.45, 7) is 1.75. The Bertz CT molecular complexity index is 1380. The molecule has 4 heterocycles. The molecule has 4 aromatic heterocycles. The van der Waals surface area contributed by atoms with Crippen LogP contribution in [0.5, 0.6) is 5.75 Å². The van der Waals surface area contributed by atoms with Crippen molar-refractivity contribution in [2.24, 2.45) is 5.92 Å². The van der Waals surface area contributed by atoms with Crippen LogP contribution in [0.25, 0.3) is 22.7 Å². The number of carbonyl (C=O) groups excluding carboxylic acids is 1. The quantitative estimate of drug-likeness (QED) is 0.201. The molecule has 1 aliphatic rings. The van der Waals surface area contributed by atoms with Crippen molar-refractivity contribution >= 4 is 17.6 Å². The Balaban J connectivity index is 0.000000273.